The Morgan fingerprint density at radius 2 is 2.21 bits per heavy atom. The van der Waals surface area contributed by atoms with Gasteiger partial charge in [-0.2, -0.15) is 11.8 Å². The van der Waals surface area contributed by atoms with E-state index < -0.39 is 5.60 Å². The molecule has 2 nitrogen and oxygen atoms in total. The molecule has 0 saturated carbocycles. The molecule has 1 saturated heterocycles. The summed E-state index contributed by atoms with van der Waals surface area (Å²) in [6.45, 7) is 6.27. The van der Waals surface area contributed by atoms with Crippen molar-refractivity contribution < 1.29 is 9.84 Å². The number of ether oxygens (including phenoxy) is 1. The number of hydrogen-bond donors (Lipinski definition) is 1. The van der Waals surface area contributed by atoms with Crippen molar-refractivity contribution in [1.82, 2.24) is 0 Å². The van der Waals surface area contributed by atoms with Gasteiger partial charge in [-0.25, -0.2) is 0 Å². The third-order valence-corrected chi connectivity index (χ3v) is 4.75. The Morgan fingerprint density at radius 3 is 2.64 bits per heavy atom. The average molecular weight is 218 g/mol. The molecule has 0 radical (unpaired) electrons. The van der Waals surface area contributed by atoms with Crippen LogP contribution in [-0.2, 0) is 4.74 Å². The standard InChI is InChI=1S/C11H22O2S/c1-9-11(12,7-8-14-9)6-5-10(2,3)13-4/h9,12H,5-8H2,1-4H3. The minimum atomic E-state index is -0.458. The molecule has 1 heterocycles. The fourth-order valence-electron chi connectivity index (χ4n) is 1.72. The zero-order valence-electron chi connectivity index (χ0n) is 9.67. The summed E-state index contributed by atoms with van der Waals surface area (Å²) in [5, 5.41) is 10.7. The van der Waals surface area contributed by atoms with Gasteiger partial charge in [0.1, 0.15) is 0 Å². The van der Waals surface area contributed by atoms with Crippen LogP contribution in [0.1, 0.15) is 40.0 Å². The van der Waals surface area contributed by atoms with Crippen LogP contribution in [0.3, 0.4) is 0 Å². The molecule has 1 rings (SSSR count). The Labute approximate surface area is 91.4 Å². The lowest BCUT2D eigenvalue weighted by Gasteiger charge is -2.31. The molecule has 0 aromatic carbocycles. The summed E-state index contributed by atoms with van der Waals surface area (Å²) < 4.78 is 5.36. The molecule has 0 spiro atoms. The van der Waals surface area contributed by atoms with E-state index in [-0.39, 0.29) is 5.60 Å². The molecule has 14 heavy (non-hydrogen) atoms. The highest BCUT2D eigenvalue weighted by molar-refractivity contribution is 8.00. The molecule has 0 bridgehead atoms. The van der Waals surface area contributed by atoms with Crippen LogP contribution in [0.15, 0.2) is 0 Å². The Kier molecular flexibility index (Phi) is 3.89. The molecule has 1 fully saturated rings. The lowest BCUT2D eigenvalue weighted by atomic mass is 9.87. The molecule has 1 aliphatic rings. The van der Waals surface area contributed by atoms with Gasteiger partial charge < -0.3 is 9.84 Å². The largest absolute Gasteiger partial charge is 0.389 e. The van der Waals surface area contributed by atoms with Gasteiger partial charge in [-0.1, -0.05) is 6.92 Å². The smallest absolute Gasteiger partial charge is 0.0772 e. The van der Waals surface area contributed by atoms with Crippen molar-refractivity contribution in [3.8, 4) is 0 Å². The van der Waals surface area contributed by atoms with Gasteiger partial charge in [0.25, 0.3) is 0 Å². The number of aliphatic hydroxyl groups is 1. The predicted octanol–water partition coefficient (Wildman–Crippen LogP) is 2.45. The van der Waals surface area contributed by atoms with Gasteiger partial charge in [-0.3, -0.25) is 0 Å². The number of thioether (sulfide) groups is 1. The van der Waals surface area contributed by atoms with E-state index in [1.165, 1.54) is 0 Å². The third-order valence-electron chi connectivity index (χ3n) is 3.37. The molecule has 2 atom stereocenters. The summed E-state index contributed by atoms with van der Waals surface area (Å²) in [5.74, 6) is 1.09. The molecule has 84 valence electrons. The van der Waals surface area contributed by atoms with Gasteiger partial charge >= 0.3 is 0 Å². The second-order valence-electron chi connectivity index (χ2n) is 4.83. The topological polar surface area (TPSA) is 29.5 Å². The van der Waals surface area contributed by atoms with Gasteiger partial charge in [-0.05, 0) is 38.9 Å². The first-order chi connectivity index (χ1) is 6.40. The fraction of sp³-hybridized carbons (Fsp3) is 1.00. The molecule has 1 aliphatic heterocycles. The fourth-order valence-corrected chi connectivity index (χ4v) is 3.09. The van der Waals surface area contributed by atoms with Crippen molar-refractivity contribution in [2.75, 3.05) is 12.9 Å². The molecular weight excluding hydrogens is 196 g/mol. The molecule has 0 aromatic rings. The zero-order chi connectivity index (χ0) is 10.8. The molecule has 2 unspecified atom stereocenters. The lowest BCUT2D eigenvalue weighted by Crippen LogP contribution is -2.37. The Balaban J connectivity index is 2.44. The van der Waals surface area contributed by atoms with Crippen LogP contribution in [-0.4, -0.2) is 34.4 Å². The van der Waals surface area contributed by atoms with Crippen molar-refractivity contribution in [3.05, 3.63) is 0 Å². The Hall–Kier alpha value is 0.270. The van der Waals surface area contributed by atoms with Gasteiger partial charge in [0.2, 0.25) is 0 Å². The monoisotopic (exact) mass is 218 g/mol. The van der Waals surface area contributed by atoms with E-state index in [0.717, 1.165) is 25.0 Å². The van der Waals surface area contributed by atoms with Gasteiger partial charge in [-0.15, -0.1) is 0 Å². The van der Waals surface area contributed by atoms with Crippen molar-refractivity contribution in [1.29, 1.82) is 0 Å². The maximum atomic E-state index is 10.3. The summed E-state index contributed by atoms with van der Waals surface area (Å²) in [6.07, 6.45) is 2.70. The van der Waals surface area contributed by atoms with Crippen LogP contribution in [0.25, 0.3) is 0 Å². The van der Waals surface area contributed by atoms with E-state index in [0.29, 0.717) is 5.25 Å². The van der Waals surface area contributed by atoms with E-state index >= 15 is 0 Å². The maximum absolute atomic E-state index is 10.3. The normalized spacial score (nSPS) is 33.6. The van der Waals surface area contributed by atoms with Gasteiger partial charge in [0, 0.05) is 12.4 Å². The first kappa shape index (κ1) is 12.3. The molecule has 0 amide bonds. The highest BCUT2D eigenvalue weighted by Crippen LogP contribution is 2.39. The van der Waals surface area contributed by atoms with Crippen LogP contribution in [0.5, 0.6) is 0 Å². The predicted molar refractivity (Wildman–Crippen MR) is 61.8 cm³/mol. The number of methoxy groups -OCH3 is 1. The third kappa shape index (κ3) is 2.88. The van der Waals surface area contributed by atoms with Crippen molar-refractivity contribution in [2.45, 2.75) is 56.5 Å². The second-order valence-corrected chi connectivity index (χ2v) is 6.28. The maximum Gasteiger partial charge on any atom is 0.0772 e. The van der Waals surface area contributed by atoms with Crippen molar-refractivity contribution in [2.24, 2.45) is 0 Å². The van der Waals surface area contributed by atoms with Crippen LogP contribution < -0.4 is 0 Å². The highest BCUT2D eigenvalue weighted by Gasteiger charge is 2.39. The second kappa shape index (κ2) is 4.42. The van der Waals surface area contributed by atoms with Gasteiger partial charge in [0.15, 0.2) is 0 Å². The van der Waals surface area contributed by atoms with Crippen molar-refractivity contribution in [3.63, 3.8) is 0 Å². The molecule has 1 N–H and O–H groups in total. The summed E-state index contributed by atoms with van der Waals surface area (Å²) in [4.78, 5) is 0. The Bertz CT molecular complexity index is 194. The molecule has 0 aliphatic carbocycles. The van der Waals surface area contributed by atoms with Crippen LogP contribution in [0.2, 0.25) is 0 Å². The highest BCUT2D eigenvalue weighted by atomic mass is 32.2. The summed E-state index contributed by atoms with van der Waals surface area (Å²) in [5.41, 5.74) is -0.566. The van der Waals surface area contributed by atoms with Crippen LogP contribution in [0.4, 0.5) is 0 Å². The minimum absolute atomic E-state index is 0.108. The Morgan fingerprint density at radius 1 is 1.57 bits per heavy atom. The van der Waals surface area contributed by atoms with Crippen LogP contribution in [0, 0.1) is 0 Å². The van der Waals surface area contributed by atoms with E-state index in [2.05, 4.69) is 20.8 Å². The quantitative estimate of drug-likeness (QED) is 0.786. The summed E-state index contributed by atoms with van der Waals surface area (Å²) in [7, 11) is 1.73. The first-order valence-electron chi connectivity index (χ1n) is 5.29. The summed E-state index contributed by atoms with van der Waals surface area (Å²) >= 11 is 1.87. The van der Waals surface area contributed by atoms with E-state index in [9.17, 15) is 5.11 Å². The van der Waals surface area contributed by atoms with Crippen molar-refractivity contribution >= 4 is 11.8 Å². The minimum Gasteiger partial charge on any atom is -0.389 e. The number of rotatable bonds is 4. The lowest BCUT2D eigenvalue weighted by molar-refractivity contribution is -0.0238. The average Bonchev–Trinajstić information content (AvgIpc) is 2.45. The molecule has 0 aromatic heterocycles. The number of hydrogen-bond acceptors (Lipinski definition) is 3. The van der Waals surface area contributed by atoms with Crippen LogP contribution >= 0.6 is 11.8 Å². The molecular formula is C11H22O2S. The van der Waals surface area contributed by atoms with E-state index in [4.69, 9.17) is 4.74 Å². The first-order valence-corrected chi connectivity index (χ1v) is 6.34. The molecule has 3 heteroatoms. The SMILES string of the molecule is COC(C)(C)CCC1(O)CCSC1C. The zero-order valence-corrected chi connectivity index (χ0v) is 10.5. The van der Waals surface area contributed by atoms with Gasteiger partial charge in [0.05, 0.1) is 11.2 Å². The van der Waals surface area contributed by atoms with E-state index in [1.54, 1.807) is 7.11 Å². The van der Waals surface area contributed by atoms with E-state index in [1.807, 2.05) is 11.8 Å². The summed E-state index contributed by atoms with van der Waals surface area (Å²) in [6, 6.07) is 0.